The van der Waals surface area contributed by atoms with Gasteiger partial charge in [0, 0.05) is 27.8 Å². The van der Waals surface area contributed by atoms with Crippen LogP contribution >= 0.6 is 27.7 Å². The van der Waals surface area contributed by atoms with Crippen LogP contribution in [0, 0.1) is 0 Å². The van der Waals surface area contributed by atoms with Crippen molar-refractivity contribution >= 4 is 27.7 Å². The van der Waals surface area contributed by atoms with Gasteiger partial charge in [-0.05, 0) is 63.4 Å². The summed E-state index contributed by atoms with van der Waals surface area (Å²) < 4.78 is 6.82. The van der Waals surface area contributed by atoms with E-state index in [0.29, 0.717) is 12.1 Å². The Bertz CT molecular complexity index is 379. The van der Waals surface area contributed by atoms with Crippen molar-refractivity contribution in [2.75, 3.05) is 19.4 Å². The maximum absolute atomic E-state index is 5.68. The maximum Gasteiger partial charge on any atom is 0.0576 e. The zero-order valence-electron chi connectivity index (χ0n) is 12.1. The average Bonchev–Trinajstić information content (AvgIpc) is 2.97. The third kappa shape index (κ3) is 5.76. The van der Waals surface area contributed by atoms with Crippen molar-refractivity contribution in [2.45, 2.75) is 49.1 Å². The van der Waals surface area contributed by atoms with E-state index < -0.39 is 0 Å². The standard InChI is InChI=1S/C16H24BrNOS/c1-18-14(4-2-5-15-6-3-11-19-15)12-20-16-9-7-13(17)8-10-16/h7-10,14-15,18H,2-6,11-12H2,1H3. The minimum atomic E-state index is 0.534. The second-order valence-electron chi connectivity index (χ2n) is 5.32. The molecule has 2 unspecified atom stereocenters. The molecule has 4 heteroatoms. The first-order valence-corrected chi connectivity index (χ1v) is 9.23. The molecular formula is C16H24BrNOS. The average molecular weight is 358 g/mol. The molecule has 2 nitrogen and oxygen atoms in total. The van der Waals surface area contributed by atoms with Crippen LogP contribution in [0.25, 0.3) is 0 Å². The predicted octanol–water partition coefficient (Wildman–Crippen LogP) is 4.48. The summed E-state index contributed by atoms with van der Waals surface area (Å²) in [6.45, 7) is 0.972. The van der Waals surface area contributed by atoms with Gasteiger partial charge in [-0.1, -0.05) is 15.9 Å². The van der Waals surface area contributed by atoms with Gasteiger partial charge in [0.25, 0.3) is 0 Å². The number of hydrogen-bond acceptors (Lipinski definition) is 3. The van der Waals surface area contributed by atoms with Crippen molar-refractivity contribution in [3.05, 3.63) is 28.7 Å². The van der Waals surface area contributed by atoms with Crippen LogP contribution in [0.5, 0.6) is 0 Å². The SMILES string of the molecule is CNC(CCCC1CCCO1)CSc1ccc(Br)cc1. The zero-order valence-corrected chi connectivity index (χ0v) is 14.5. The number of rotatable bonds is 8. The maximum atomic E-state index is 5.68. The highest BCUT2D eigenvalue weighted by molar-refractivity contribution is 9.10. The minimum Gasteiger partial charge on any atom is -0.378 e. The van der Waals surface area contributed by atoms with Crippen LogP contribution < -0.4 is 5.32 Å². The highest BCUT2D eigenvalue weighted by Crippen LogP contribution is 2.23. The second kappa shape index (κ2) is 9.08. The molecule has 1 fully saturated rings. The molecule has 2 rings (SSSR count). The van der Waals surface area contributed by atoms with E-state index >= 15 is 0 Å². The summed E-state index contributed by atoms with van der Waals surface area (Å²) in [5.74, 6) is 1.13. The van der Waals surface area contributed by atoms with Crippen LogP contribution in [-0.2, 0) is 4.74 Å². The quantitative estimate of drug-likeness (QED) is 0.693. The Morgan fingerprint density at radius 2 is 2.20 bits per heavy atom. The highest BCUT2D eigenvalue weighted by atomic mass is 79.9. The summed E-state index contributed by atoms with van der Waals surface area (Å²) in [5.41, 5.74) is 0. The molecule has 112 valence electrons. The summed E-state index contributed by atoms with van der Waals surface area (Å²) in [6, 6.07) is 9.15. The molecule has 1 aliphatic heterocycles. The highest BCUT2D eigenvalue weighted by Gasteiger charge is 2.15. The van der Waals surface area contributed by atoms with Gasteiger partial charge in [0.15, 0.2) is 0 Å². The van der Waals surface area contributed by atoms with Gasteiger partial charge in [0.1, 0.15) is 0 Å². The summed E-state index contributed by atoms with van der Waals surface area (Å²) >= 11 is 5.40. The second-order valence-corrected chi connectivity index (χ2v) is 7.33. The number of hydrogen-bond donors (Lipinski definition) is 1. The number of halogens is 1. The van der Waals surface area contributed by atoms with Gasteiger partial charge in [0.05, 0.1) is 6.10 Å². The lowest BCUT2D eigenvalue weighted by molar-refractivity contribution is 0.101. The lowest BCUT2D eigenvalue weighted by Crippen LogP contribution is -2.27. The fraction of sp³-hybridized carbons (Fsp3) is 0.625. The van der Waals surface area contributed by atoms with E-state index in [0.717, 1.165) is 16.8 Å². The molecule has 0 aliphatic carbocycles. The molecule has 1 heterocycles. The molecule has 2 atom stereocenters. The molecule has 0 aromatic heterocycles. The number of benzene rings is 1. The van der Waals surface area contributed by atoms with Crippen LogP contribution in [0.2, 0.25) is 0 Å². The fourth-order valence-electron chi connectivity index (χ4n) is 2.50. The molecule has 1 aromatic carbocycles. The molecule has 0 amide bonds. The van der Waals surface area contributed by atoms with E-state index in [1.165, 1.54) is 37.0 Å². The first-order valence-electron chi connectivity index (χ1n) is 7.45. The van der Waals surface area contributed by atoms with Crippen molar-refractivity contribution in [1.82, 2.24) is 5.32 Å². The zero-order chi connectivity index (χ0) is 14.2. The summed E-state index contributed by atoms with van der Waals surface area (Å²) in [7, 11) is 2.07. The Morgan fingerprint density at radius 3 is 2.85 bits per heavy atom. The molecule has 0 bridgehead atoms. The monoisotopic (exact) mass is 357 g/mol. The number of ether oxygens (including phenoxy) is 1. The summed E-state index contributed by atoms with van der Waals surface area (Å²) in [6.07, 6.45) is 6.77. The third-order valence-electron chi connectivity index (χ3n) is 3.78. The van der Waals surface area contributed by atoms with E-state index in [1.807, 2.05) is 11.8 Å². The lowest BCUT2D eigenvalue weighted by atomic mass is 10.1. The smallest absolute Gasteiger partial charge is 0.0576 e. The number of thioether (sulfide) groups is 1. The number of nitrogens with one attached hydrogen (secondary N) is 1. The van der Waals surface area contributed by atoms with Crippen molar-refractivity contribution in [3.8, 4) is 0 Å². The fourth-order valence-corrected chi connectivity index (χ4v) is 3.82. The Balaban J connectivity index is 1.64. The molecule has 1 saturated heterocycles. The molecule has 0 saturated carbocycles. The molecular weight excluding hydrogens is 334 g/mol. The molecule has 0 radical (unpaired) electrons. The molecule has 1 N–H and O–H groups in total. The van der Waals surface area contributed by atoms with Crippen molar-refractivity contribution in [2.24, 2.45) is 0 Å². The predicted molar refractivity (Wildman–Crippen MR) is 90.5 cm³/mol. The van der Waals surface area contributed by atoms with Crippen molar-refractivity contribution in [3.63, 3.8) is 0 Å². The Kier molecular flexibility index (Phi) is 7.42. The van der Waals surface area contributed by atoms with Gasteiger partial charge in [-0.2, -0.15) is 0 Å². The van der Waals surface area contributed by atoms with Crippen LogP contribution in [0.1, 0.15) is 32.1 Å². The third-order valence-corrected chi connectivity index (χ3v) is 5.48. The molecule has 20 heavy (non-hydrogen) atoms. The van der Waals surface area contributed by atoms with E-state index in [-0.39, 0.29) is 0 Å². The van der Waals surface area contributed by atoms with Gasteiger partial charge in [0.2, 0.25) is 0 Å². The molecule has 1 aromatic rings. The van der Waals surface area contributed by atoms with Crippen LogP contribution in [-0.4, -0.2) is 31.6 Å². The van der Waals surface area contributed by atoms with E-state index in [9.17, 15) is 0 Å². The minimum absolute atomic E-state index is 0.534. The van der Waals surface area contributed by atoms with Gasteiger partial charge >= 0.3 is 0 Å². The largest absolute Gasteiger partial charge is 0.378 e. The molecule has 0 spiro atoms. The van der Waals surface area contributed by atoms with Crippen molar-refractivity contribution in [1.29, 1.82) is 0 Å². The van der Waals surface area contributed by atoms with Crippen LogP contribution in [0.3, 0.4) is 0 Å². The lowest BCUT2D eigenvalue weighted by Gasteiger charge is -2.17. The topological polar surface area (TPSA) is 21.3 Å². The first kappa shape index (κ1) is 16.3. The Labute approximate surface area is 135 Å². The van der Waals surface area contributed by atoms with Crippen LogP contribution in [0.4, 0.5) is 0 Å². The molecule has 1 aliphatic rings. The van der Waals surface area contributed by atoms with Gasteiger partial charge in [-0.25, -0.2) is 0 Å². The summed E-state index contributed by atoms with van der Waals surface area (Å²) in [4.78, 5) is 1.34. The van der Waals surface area contributed by atoms with Gasteiger partial charge in [-0.15, -0.1) is 11.8 Å². The van der Waals surface area contributed by atoms with E-state index in [2.05, 4.69) is 52.6 Å². The normalized spacial score (nSPS) is 20.2. The van der Waals surface area contributed by atoms with Crippen LogP contribution in [0.15, 0.2) is 33.6 Å². The van der Waals surface area contributed by atoms with Crippen molar-refractivity contribution < 1.29 is 4.74 Å². The summed E-state index contributed by atoms with van der Waals surface area (Å²) in [5, 5.41) is 3.44. The van der Waals surface area contributed by atoms with Gasteiger partial charge in [-0.3, -0.25) is 0 Å². The Hall–Kier alpha value is -0.0300. The first-order chi connectivity index (χ1) is 9.78. The Morgan fingerprint density at radius 1 is 1.40 bits per heavy atom. The van der Waals surface area contributed by atoms with Gasteiger partial charge < -0.3 is 10.1 Å². The van der Waals surface area contributed by atoms with E-state index in [4.69, 9.17) is 4.74 Å². The van der Waals surface area contributed by atoms with E-state index in [1.54, 1.807) is 0 Å².